The Balaban J connectivity index is 1.55. The van der Waals surface area contributed by atoms with Gasteiger partial charge in [-0.1, -0.05) is 60.7 Å². The highest BCUT2D eigenvalue weighted by molar-refractivity contribution is 5.99. The molecule has 0 amide bonds. The molecule has 5 aromatic rings. The van der Waals surface area contributed by atoms with E-state index in [-0.39, 0.29) is 11.3 Å². The van der Waals surface area contributed by atoms with Crippen molar-refractivity contribution in [1.29, 1.82) is 0 Å². The summed E-state index contributed by atoms with van der Waals surface area (Å²) in [6, 6.07) is 23.1. The van der Waals surface area contributed by atoms with Crippen molar-refractivity contribution in [2.24, 2.45) is 0 Å². The average molecular weight is 457 g/mol. The highest BCUT2D eigenvalue weighted by Gasteiger charge is 2.21. The largest absolute Gasteiger partial charge is 0.383 e. The van der Waals surface area contributed by atoms with Crippen LogP contribution in [0.5, 0.6) is 0 Å². The summed E-state index contributed by atoms with van der Waals surface area (Å²) in [5.74, 6) is -0.786. The van der Waals surface area contributed by atoms with Crippen molar-refractivity contribution in [3.63, 3.8) is 0 Å². The minimum Gasteiger partial charge on any atom is -0.383 e. The molecule has 2 heterocycles. The summed E-state index contributed by atoms with van der Waals surface area (Å²) in [6.07, 6.45) is 0.757. The second-order valence-electron chi connectivity index (χ2n) is 7.91. The van der Waals surface area contributed by atoms with Gasteiger partial charge in [0.1, 0.15) is 17.5 Å². The summed E-state index contributed by atoms with van der Waals surface area (Å²) in [7, 11) is 0. The van der Waals surface area contributed by atoms with E-state index in [9.17, 15) is 8.78 Å². The lowest BCUT2D eigenvalue weighted by Crippen LogP contribution is -2.09. The van der Waals surface area contributed by atoms with Crippen LogP contribution >= 0.6 is 0 Å². The zero-order chi connectivity index (χ0) is 23.5. The van der Waals surface area contributed by atoms with Crippen LogP contribution in [-0.2, 0) is 13.0 Å². The molecule has 0 saturated heterocycles. The van der Waals surface area contributed by atoms with Crippen LogP contribution in [0.15, 0.2) is 78.9 Å². The SMILES string of the molecule is Nc1c2c(-c3ccc(F)cc3F)nc(NCCc3ccccc3)nc2nn1Cc1ccccc1. The number of nitrogens with zero attached hydrogens (tertiary/aromatic N) is 4. The Morgan fingerprint density at radius 2 is 1.56 bits per heavy atom. The minimum absolute atomic E-state index is 0.130. The van der Waals surface area contributed by atoms with Crippen LogP contribution in [0.3, 0.4) is 0 Å². The second-order valence-corrected chi connectivity index (χ2v) is 7.91. The molecule has 2 aromatic heterocycles. The van der Waals surface area contributed by atoms with Gasteiger partial charge in [0.15, 0.2) is 5.65 Å². The zero-order valence-corrected chi connectivity index (χ0v) is 18.2. The number of halogens is 2. The maximum atomic E-state index is 14.8. The van der Waals surface area contributed by atoms with Gasteiger partial charge in [0, 0.05) is 18.2 Å². The molecule has 0 aliphatic carbocycles. The van der Waals surface area contributed by atoms with Gasteiger partial charge in [-0.05, 0) is 29.7 Å². The summed E-state index contributed by atoms with van der Waals surface area (Å²) in [5, 5.41) is 8.19. The Hall–Kier alpha value is -4.33. The van der Waals surface area contributed by atoms with Gasteiger partial charge in [0.2, 0.25) is 5.95 Å². The van der Waals surface area contributed by atoms with Gasteiger partial charge >= 0.3 is 0 Å². The molecule has 3 N–H and O–H groups in total. The third-order valence-electron chi connectivity index (χ3n) is 5.54. The van der Waals surface area contributed by atoms with Crippen molar-refractivity contribution >= 4 is 22.8 Å². The van der Waals surface area contributed by atoms with E-state index in [2.05, 4.69) is 20.4 Å². The monoisotopic (exact) mass is 456 g/mol. The number of nitrogens with one attached hydrogen (secondary N) is 1. The van der Waals surface area contributed by atoms with E-state index < -0.39 is 11.6 Å². The Morgan fingerprint density at radius 1 is 0.853 bits per heavy atom. The zero-order valence-electron chi connectivity index (χ0n) is 18.2. The van der Waals surface area contributed by atoms with Crippen LogP contribution in [0.25, 0.3) is 22.3 Å². The van der Waals surface area contributed by atoms with Gasteiger partial charge < -0.3 is 11.1 Å². The summed E-state index contributed by atoms with van der Waals surface area (Å²) < 4.78 is 30.0. The number of benzene rings is 3. The molecule has 6 nitrogen and oxygen atoms in total. The van der Waals surface area contributed by atoms with Crippen LogP contribution in [0.4, 0.5) is 20.5 Å². The Kier molecular flexibility index (Phi) is 5.86. The first kappa shape index (κ1) is 21.5. The van der Waals surface area contributed by atoms with Crippen molar-refractivity contribution in [3.8, 4) is 11.3 Å². The molecule has 0 unspecified atom stereocenters. The number of anilines is 2. The maximum absolute atomic E-state index is 14.8. The fraction of sp³-hybridized carbons (Fsp3) is 0.115. The maximum Gasteiger partial charge on any atom is 0.225 e. The molecule has 170 valence electrons. The highest BCUT2D eigenvalue weighted by Crippen LogP contribution is 2.33. The number of aromatic nitrogens is 4. The molecule has 0 spiro atoms. The van der Waals surface area contributed by atoms with Gasteiger partial charge in [-0.15, -0.1) is 5.10 Å². The quantitative estimate of drug-likeness (QED) is 0.358. The van der Waals surface area contributed by atoms with Gasteiger partial charge in [0.05, 0.1) is 17.6 Å². The Morgan fingerprint density at radius 3 is 2.26 bits per heavy atom. The van der Waals surface area contributed by atoms with Crippen LogP contribution in [0, 0.1) is 11.6 Å². The van der Waals surface area contributed by atoms with Gasteiger partial charge in [-0.2, -0.15) is 4.98 Å². The second kappa shape index (κ2) is 9.27. The van der Waals surface area contributed by atoms with Crippen LogP contribution in [-0.4, -0.2) is 26.3 Å². The summed E-state index contributed by atoms with van der Waals surface area (Å²) in [6.45, 7) is 0.992. The third kappa shape index (κ3) is 4.43. The first-order chi connectivity index (χ1) is 16.6. The van der Waals surface area contributed by atoms with Crippen molar-refractivity contribution < 1.29 is 8.78 Å². The van der Waals surface area contributed by atoms with Gasteiger partial charge in [0.25, 0.3) is 0 Å². The van der Waals surface area contributed by atoms with Crippen LogP contribution in [0.2, 0.25) is 0 Å². The van der Waals surface area contributed by atoms with Crippen molar-refractivity contribution in [3.05, 3.63) is 102 Å². The predicted molar refractivity (Wildman–Crippen MR) is 129 cm³/mol. The third-order valence-corrected chi connectivity index (χ3v) is 5.54. The van der Waals surface area contributed by atoms with E-state index in [0.29, 0.717) is 35.9 Å². The number of hydrogen-bond acceptors (Lipinski definition) is 5. The Bertz CT molecular complexity index is 1430. The number of hydrogen-bond donors (Lipinski definition) is 2. The topological polar surface area (TPSA) is 81.7 Å². The number of rotatable bonds is 7. The first-order valence-corrected chi connectivity index (χ1v) is 10.9. The smallest absolute Gasteiger partial charge is 0.225 e. The molecule has 0 atom stereocenters. The van der Waals surface area contributed by atoms with E-state index >= 15 is 0 Å². The molecule has 0 radical (unpaired) electrons. The fourth-order valence-electron chi connectivity index (χ4n) is 3.85. The van der Waals surface area contributed by atoms with Gasteiger partial charge in [-0.3, -0.25) is 0 Å². The lowest BCUT2D eigenvalue weighted by atomic mass is 10.1. The van der Waals surface area contributed by atoms with E-state index in [1.165, 1.54) is 12.1 Å². The van der Waals surface area contributed by atoms with Crippen LogP contribution in [0.1, 0.15) is 11.1 Å². The molecule has 5 rings (SSSR count). The predicted octanol–water partition coefficient (Wildman–Crippen LogP) is 5.06. The first-order valence-electron chi connectivity index (χ1n) is 10.9. The van der Waals surface area contributed by atoms with E-state index in [0.717, 1.165) is 23.6 Å². The van der Waals surface area contributed by atoms with E-state index in [1.54, 1.807) is 4.68 Å². The normalized spacial score (nSPS) is 11.1. The van der Waals surface area contributed by atoms with Crippen LogP contribution < -0.4 is 11.1 Å². The summed E-state index contributed by atoms with van der Waals surface area (Å²) >= 11 is 0. The average Bonchev–Trinajstić information content (AvgIpc) is 3.15. The van der Waals surface area contributed by atoms with E-state index in [4.69, 9.17) is 5.73 Å². The number of fused-ring (bicyclic) bond motifs is 1. The molecule has 0 bridgehead atoms. The Labute approximate surface area is 195 Å². The molecule has 0 aliphatic rings. The lowest BCUT2D eigenvalue weighted by molar-refractivity contribution is 0.585. The number of nitrogens with two attached hydrogens (primary N) is 1. The van der Waals surface area contributed by atoms with E-state index in [1.807, 2.05) is 60.7 Å². The lowest BCUT2D eigenvalue weighted by Gasteiger charge is -2.09. The summed E-state index contributed by atoms with van der Waals surface area (Å²) in [5.41, 5.74) is 9.34. The fourth-order valence-corrected chi connectivity index (χ4v) is 3.85. The highest BCUT2D eigenvalue weighted by atomic mass is 19.1. The molecule has 34 heavy (non-hydrogen) atoms. The molecular formula is C26H22F2N6. The standard InChI is InChI=1S/C26H22F2N6/c27-19-11-12-20(21(28)15-19)23-22-24(29)34(16-18-9-5-2-6-10-18)33-25(22)32-26(31-23)30-14-13-17-7-3-1-4-8-17/h1-12,15H,13-14,16,29H2,(H,30,32,33). The molecular weight excluding hydrogens is 434 g/mol. The number of nitrogen functional groups attached to an aromatic ring is 1. The minimum atomic E-state index is -0.731. The summed E-state index contributed by atoms with van der Waals surface area (Å²) in [4.78, 5) is 9.09. The van der Waals surface area contributed by atoms with Crippen molar-refractivity contribution in [1.82, 2.24) is 19.7 Å². The molecule has 3 aromatic carbocycles. The van der Waals surface area contributed by atoms with Crippen molar-refractivity contribution in [2.75, 3.05) is 17.6 Å². The molecule has 0 fully saturated rings. The van der Waals surface area contributed by atoms with Gasteiger partial charge in [-0.25, -0.2) is 18.4 Å². The molecule has 0 aliphatic heterocycles. The molecule has 0 saturated carbocycles. The van der Waals surface area contributed by atoms with Crippen molar-refractivity contribution in [2.45, 2.75) is 13.0 Å². The molecule has 8 heteroatoms.